The lowest BCUT2D eigenvalue weighted by Gasteiger charge is -2.45. The maximum absolute atomic E-state index is 5.00. The van der Waals surface area contributed by atoms with Gasteiger partial charge in [-0.3, -0.25) is 4.99 Å². The Morgan fingerprint density at radius 2 is 1.56 bits per heavy atom. The number of anilines is 1. The van der Waals surface area contributed by atoms with Crippen LogP contribution in [0.5, 0.6) is 0 Å². The minimum atomic E-state index is 0.217. The van der Waals surface area contributed by atoms with Crippen LogP contribution in [0.15, 0.2) is 168 Å². The van der Waals surface area contributed by atoms with E-state index in [0.29, 0.717) is 23.7 Å². The van der Waals surface area contributed by atoms with Gasteiger partial charge in [-0.15, -0.1) is 0 Å². The van der Waals surface area contributed by atoms with E-state index in [-0.39, 0.29) is 6.04 Å². The van der Waals surface area contributed by atoms with Gasteiger partial charge in [0, 0.05) is 23.1 Å². The molecule has 0 aromatic heterocycles. The number of hydrogen-bond donors (Lipinski definition) is 0. The van der Waals surface area contributed by atoms with Crippen molar-refractivity contribution in [1.82, 2.24) is 0 Å². The lowest BCUT2D eigenvalue weighted by Crippen LogP contribution is -2.36. The predicted molar refractivity (Wildman–Crippen MR) is 191 cm³/mol. The first-order valence-electron chi connectivity index (χ1n) is 16.3. The monoisotopic (exact) mass is 582 g/mol. The summed E-state index contributed by atoms with van der Waals surface area (Å²) < 4.78 is 0. The molecule has 8 rings (SSSR count). The lowest BCUT2D eigenvalue weighted by atomic mass is 9.58. The molecule has 0 radical (unpaired) electrons. The van der Waals surface area contributed by atoms with Gasteiger partial charge < -0.3 is 4.90 Å². The molecule has 4 aromatic carbocycles. The minimum Gasteiger partial charge on any atom is -0.317 e. The number of benzene rings is 4. The van der Waals surface area contributed by atoms with Crippen molar-refractivity contribution in [3.8, 4) is 0 Å². The van der Waals surface area contributed by atoms with E-state index >= 15 is 0 Å². The summed E-state index contributed by atoms with van der Waals surface area (Å²) >= 11 is 0. The zero-order valence-electron chi connectivity index (χ0n) is 25.9. The Morgan fingerprint density at radius 3 is 2.38 bits per heavy atom. The summed E-state index contributed by atoms with van der Waals surface area (Å²) in [4.78, 5) is 7.41. The third-order valence-corrected chi connectivity index (χ3v) is 10.1. The molecular weight excluding hydrogens is 544 g/mol. The fraction of sp³-hybridized carbons (Fsp3) is 0.186. The third kappa shape index (κ3) is 4.77. The van der Waals surface area contributed by atoms with Crippen LogP contribution in [-0.2, 0) is 0 Å². The van der Waals surface area contributed by atoms with E-state index in [9.17, 15) is 0 Å². The molecule has 0 amide bonds. The maximum atomic E-state index is 5.00. The molecule has 0 saturated carbocycles. The van der Waals surface area contributed by atoms with E-state index in [1.54, 1.807) is 0 Å². The molecule has 0 fully saturated rings. The number of rotatable bonds is 5. The molecule has 5 unspecified atom stereocenters. The van der Waals surface area contributed by atoms with Crippen LogP contribution < -0.4 is 4.90 Å². The quantitative estimate of drug-likeness (QED) is 0.214. The molecule has 3 aliphatic carbocycles. The number of nitrogens with zero attached hydrogens (tertiary/aromatic N) is 2. The van der Waals surface area contributed by atoms with Crippen molar-refractivity contribution < 1.29 is 0 Å². The Hall–Kier alpha value is -4.95. The van der Waals surface area contributed by atoms with Crippen molar-refractivity contribution in [3.05, 3.63) is 180 Å². The summed E-state index contributed by atoms with van der Waals surface area (Å²) in [6, 6.07) is 35.9. The molecule has 220 valence electrons. The highest BCUT2D eigenvalue weighted by Gasteiger charge is 2.43. The van der Waals surface area contributed by atoms with Crippen LogP contribution >= 0.6 is 0 Å². The van der Waals surface area contributed by atoms with Gasteiger partial charge in [-0.05, 0) is 75.6 Å². The van der Waals surface area contributed by atoms with Crippen LogP contribution in [0.2, 0.25) is 0 Å². The molecule has 1 heterocycles. The van der Waals surface area contributed by atoms with Crippen molar-refractivity contribution in [2.24, 2.45) is 22.7 Å². The number of fused-ring (bicyclic) bond motifs is 3. The normalized spacial score (nSPS) is 25.5. The van der Waals surface area contributed by atoms with Gasteiger partial charge in [0.2, 0.25) is 0 Å². The largest absolute Gasteiger partial charge is 0.317 e. The summed E-state index contributed by atoms with van der Waals surface area (Å²) in [5, 5.41) is 2.58. The van der Waals surface area contributed by atoms with Crippen LogP contribution in [0.25, 0.3) is 16.3 Å². The average molecular weight is 583 g/mol. The summed E-state index contributed by atoms with van der Waals surface area (Å²) in [7, 11) is 0. The zero-order valence-corrected chi connectivity index (χ0v) is 25.9. The average Bonchev–Trinajstić information content (AvgIpc) is 3.51. The van der Waals surface area contributed by atoms with Crippen LogP contribution in [0, 0.1) is 17.8 Å². The van der Waals surface area contributed by atoms with Crippen molar-refractivity contribution in [2.45, 2.75) is 25.8 Å². The van der Waals surface area contributed by atoms with E-state index in [1.165, 1.54) is 44.3 Å². The molecule has 0 saturated heterocycles. The van der Waals surface area contributed by atoms with Crippen molar-refractivity contribution in [3.63, 3.8) is 0 Å². The standard InChI is InChI=1S/C43H38N2/c1-3-12-36-28-44-43(32-15-5-4-6-16-32)45(36)35-25-23-31(24-26-35)42-38-19-10-9-18-37(38)41(39-20-11-13-29(2)40(39)42)34-22-21-30-14-7-8-17-33(30)27-34/h3-27,29,36,38,40,42H,28H2,1-2H3/b12-3-. The van der Waals surface area contributed by atoms with Gasteiger partial charge in [0.25, 0.3) is 0 Å². The number of amidine groups is 1. The molecule has 2 heteroatoms. The molecule has 0 spiro atoms. The molecule has 0 N–H and O–H groups in total. The number of allylic oxidation sites excluding steroid dienone is 11. The second kappa shape index (κ2) is 11.5. The third-order valence-electron chi connectivity index (χ3n) is 10.1. The number of hydrogen-bond acceptors (Lipinski definition) is 2. The Kier molecular flexibility index (Phi) is 7.06. The van der Waals surface area contributed by atoms with Gasteiger partial charge in [0.05, 0.1) is 12.6 Å². The summed E-state index contributed by atoms with van der Waals surface area (Å²) in [5.41, 5.74) is 9.38. The summed E-state index contributed by atoms with van der Waals surface area (Å²) in [6.07, 6.45) is 20.8. The van der Waals surface area contributed by atoms with Crippen LogP contribution in [0.4, 0.5) is 5.69 Å². The molecule has 4 aromatic rings. The SMILES string of the molecule is C/C=C\C1CN=C(c2ccccc2)N1c1ccc(C2C3C=CC=CC3=C(c3ccc4ccccc4c3)C3=CC=CC(C)C32)cc1. The van der Waals surface area contributed by atoms with Gasteiger partial charge in [0.15, 0.2) is 0 Å². The second-order valence-electron chi connectivity index (χ2n) is 12.7. The van der Waals surface area contributed by atoms with Crippen LogP contribution in [-0.4, -0.2) is 18.4 Å². The summed E-state index contributed by atoms with van der Waals surface area (Å²) in [5.74, 6) is 2.52. The Balaban J connectivity index is 1.22. The van der Waals surface area contributed by atoms with Crippen LogP contribution in [0.3, 0.4) is 0 Å². The molecule has 1 aliphatic heterocycles. The topological polar surface area (TPSA) is 15.6 Å². The van der Waals surface area contributed by atoms with Gasteiger partial charge >= 0.3 is 0 Å². The zero-order chi connectivity index (χ0) is 30.3. The molecular formula is C43H38N2. The highest BCUT2D eigenvalue weighted by molar-refractivity contribution is 6.11. The molecule has 0 bridgehead atoms. The lowest BCUT2D eigenvalue weighted by molar-refractivity contribution is 0.351. The Labute approximate surface area is 266 Å². The molecule has 2 nitrogen and oxygen atoms in total. The van der Waals surface area contributed by atoms with Gasteiger partial charge in [-0.1, -0.05) is 140 Å². The number of aliphatic imine (C=N–C) groups is 1. The Morgan fingerprint density at radius 1 is 0.756 bits per heavy atom. The van der Waals surface area contributed by atoms with Gasteiger partial charge in [-0.25, -0.2) is 0 Å². The van der Waals surface area contributed by atoms with Crippen molar-refractivity contribution >= 4 is 27.9 Å². The maximum Gasteiger partial charge on any atom is 0.136 e. The van der Waals surface area contributed by atoms with Crippen molar-refractivity contribution in [1.29, 1.82) is 0 Å². The van der Waals surface area contributed by atoms with Gasteiger partial charge in [-0.2, -0.15) is 0 Å². The van der Waals surface area contributed by atoms with Gasteiger partial charge in [0.1, 0.15) is 5.84 Å². The minimum absolute atomic E-state index is 0.217. The highest BCUT2D eigenvalue weighted by Crippen LogP contribution is 2.56. The molecule has 5 atom stereocenters. The fourth-order valence-corrected chi connectivity index (χ4v) is 8.08. The molecule has 4 aliphatic rings. The van der Waals surface area contributed by atoms with E-state index in [1.807, 2.05) is 0 Å². The second-order valence-corrected chi connectivity index (χ2v) is 12.7. The fourth-order valence-electron chi connectivity index (χ4n) is 8.08. The van der Waals surface area contributed by atoms with E-state index in [2.05, 4.69) is 170 Å². The summed E-state index contributed by atoms with van der Waals surface area (Å²) in [6.45, 7) is 5.26. The van der Waals surface area contributed by atoms with Crippen LogP contribution in [0.1, 0.15) is 36.5 Å². The van der Waals surface area contributed by atoms with E-state index in [4.69, 9.17) is 4.99 Å². The highest BCUT2D eigenvalue weighted by atomic mass is 15.3. The Bertz CT molecular complexity index is 1970. The van der Waals surface area contributed by atoms with E-state index in [0.717, 1.165) is 17.9 Å². The predicted octanol–water partition coefficient (Wildman–Crippen LogP) is 10.1. The first kappa shape index (κ1) is 27.6. The first-order chi connectivity index (χ1) is 22.2. The first-order valence-corrected chi connectivity index (χ1v) is 16.3. The van der Waals surface area contributed by atoms with Crippen molar-refractivity contribution in [2.75, 3.05) is 11.4 Å². The smallest absolute Gasteiger partial charge is 0.136 e. The van der Waals surface area contributed by atoms with E-state index < -0.39 is 0 Å². The molecule has 45 heavy (non-hydrogen) atoms.